The zero-order valence-electron chi connectivity index (χ0n) is 8.89. The van der Waals surface area contributed by atoms with Crippen LogP contribution in [-0.2, 0) is 0 Å². The van der Waals surface area contributed by atoms with E-state index in [1.165, 1.54) is 16.8 Å². The molecule has 0 atom stereocenters. The van der Waals surface area contributed by atoms with Crippen molar-refractivity contribution >= 4 is 11.4 Å². The molecule has 0 radical (unpaired) electrons. The fraction of sp³-hybridized carbons (Fsp3) is 0.417. The van der Waals surface area contributed by atoms with Gasteiger partial charge >= 0.3 is 0 Å². The molecular formula is C12H17N. The van der Waals surface area contributed by atoms with Crippen LogP contribution in [0.3, 0.4) is 0 Å². The molecule has 1 aromatic carbocycles. The molecule has 0 aromatic heterocycles. The third-order valence-electron chi connectivity index (χ3n) is 2.19. The first-order chi connectivity index (χ1) is 6.13. The molecule has 0 unspecified atom stereocenters. The fourth-order valence-electron chi connectivity index (χ4n) is 1.12. The molecule has 0 aliphatic heterocycles. The van der Waals surface area contributed by atoms with Gasteiger partial charge in [0.25, 0.3) is 0 Å². The van der Waals surface area contributed by atoms with Crippen LogP contribution in [0.5, 0.6) is 0 Å². The maximum atomic E-state index is 4.55. The smallest absolute Gasteiger partial charge is 0.0660 e. The number of aliphatic imine (C=N–C) groups is 1. The lowest BCUT2D eigenvalue weighted by molar-refractivity contribution is 1.24. The quantitative estimate of drug-likeness (QED) is 0.606. The first kappa shape index (κ1) is 9.97. The van der Waals surface area contributed by atoms with Crippen LogP contribution in [0.1, 0.15) is 31.4 Å². The molecule has 1 aromatic rings. The molecule has 1 rings (SSSR count). The molecule has 0 saturated heterocycles. The highest BCUT2D eigenvalue weighted by atomic mass is 14.7. The Kier molecular flexibility index (Phi) is 3.24. The van der Waals surface area contributed by atoms with Crippen molar-refractivity contribution in [1.29, 1.82) is 0 Å². The molecule has 1 nitrogen and oxygen atoms in total. The Bertz CT molecular complexity index is 324. The molecular weight excluding hydrogens is 158 g/mol. The van der Waals surface area contributed by atoms with Gasteiger partial charge in [0.2, 0.25) is 0 Å². The van der Waals surface area contributed by atoms with Gasteiger partial charge < -0.3 is 0 Å². The maximum absolute atomic E-state index is 4.55. The summed E-state index contributed by atoms with van der Waals surface area (Å²) in [6.07, 6.45) is 1.02. The largest absolute Gasteiger partial charge is 0.258 e. The van der Waals surface area contributed by atoms with E-state index >= 15 is 0 Å². The van der Waals surface area contributed by atoms with Crippen molar-refractivity contribution in [3.8, 4) is 0 Å². The summed E-state index contributed by atoms with van der Waals surface area (Å²) < 4.78 is 0. The van der Waals surface area contributed by atoms with E-state index in [0.29, 0.717) is 0 Å². The van der Waals surface area contributed by atoms with Gasteiger partial charge in [-0.3, -0.25) is 4.99 Å². The van der Waals surface area contributed by atoms with Crippen molar-refractivity contribution in [1.82, 2.24) is 0 Å². The summed E-state index contributed by atoms with van der Waals surface area (Å²) in [6.45, 7) is 8.40. The van der Waals surface area contributed by atoms with E-state index in [0.717, 1.165) is 12.1 Å². The average Bonchev–Trinajstić information content (AvgIpc) is 2.11. The highest BCUT2D eigenvalue weighted by Crippen LogP contribution is 2.20. The Hall–Kier alpha value is -1.11. The van der Waals surface area contributed by atoms with E-state index in [2.05, 4.69) is 50.9 Å². The zero-order valence-corrected chi connectivity index (χ0v) is 8.89. The van der Waals surface area contributed by atoms with Gasteiger partial charge in [0, 0.05) is 5.71 Å². The first-order valence-electron chi connectivity index (χ1n) is 4.75. The van der Waals surface area contributed by atoms with Gasteiger partial charge in [-0.2, -0.15) is 0 Å². The Morgan fingerprint density at radius 1 is 1.31 bits per heavy atom. The molecule has 0 N–H and O–H groups in total. The molecule has 1 heteroatoms. The average molecular weight is 175 g/mol. The van der Waals surface area contributed by atoms with Crippen LogP contribution in [0.15, 0.2) is 23.2 Å². The second-order valence-corrected chi connectivity index (χ2v) is 3.49. The van der Waals surface area contributed by atoms with Crippen LogP contribution in [0, 0.1) is 13.8 Å². The minimum Gasteiger partial charge on any atom is -0.258 e. The lowest BCUT2D eigenvalue weighted by Crippen LogP contribution is -1.87. The van der Waals surface area contributed by atoms with Crippen molar-refractivity contribution < 1.29 is 0 Å². The molecule has 13 heavy (non-hydrogen) atoms. The zero-order chi connectivity index (χ0) is 9.84. The SMILES string of the molecule is CC/C(C)=N\c1cc(C)ccc1C. The first-order valence-corrected chi connectivity index (χ1v) is 4.75. The van der Waals surface area contributed by atoms with Gasteiger partial charge in [0.05, 0.1) is 5.69 Å². The third-order valence-corrected chi connectivity index (χ3v) is 2.19. The molecule has 0 amide bonds. The molecule has 0 aliphatic rings. The van der Waals surface area contributed by atoms with Gasteiger partial charge in [-0.05, 0) is 44.4 Å². The van der Waals surface area contributed by atoms with E-state index in [9.17, 15) is 0 Å². The number of hydrogen-bond acceptors (Lipinski definition) is 1. The highest BCUT2D eigenvalue weighted by molar-refractivity contribution is 5.84. The van der Waals surface area contributed by atoms with Crippen molar-refractivity contribution in [2.24, 2.45) is 4.99 Å². The van der Waals surface area contributed by atoms with Crippen molar-refractivity contribution in [2.75, 3.05) is 0 Å². The second-order valence-electron chi connectivity index (χ2n) is 3.49. The molecule has 70 valence electrons. The predicted octanol–water partition coefficient (Wildman–Crippen LogP) is 3.81. The standard InChI is InChI=1S/C12H17N/c1-5-11(4)13-12-8-9(2)6-7-10(12)3/h6-8H,5H2,1-4H3/b13-11-. The summed E-state index contributed by atoms with van der Waals surface area (Å²) in [7, 11) is 0. The van der Waals surface area contributed by atoms with Crippen LogP contribution in [0.4, 0.5) is 5.69 Å². The van der Waals surface area contributed by atoms with Crippen molar-refractivity contribution in [3.63, 3.8) is 0 Å². The Morgan fingerprint density at radius 3 is 2.62 bits per heavy atom. The molecule has 0 heterocycles. The molecule has 0 aliphatic carbocycles. The summed E-state index contributed by atoms with van der Waals surface area (Å²) in [4.78, 5) is 4.55. The highest BCUT2D eigenvalue weighted by Gasteiger charge is 1.96. The van der Waals surface area contributed by atoms with E-state index < -0.39 is 0 Å². The van der Waals surface area contributed by atoms with E-state index in [1.807, 2.05) is 0 Å². The van der Waals surface area contributed by atoms with Crippen molar-refractivity contribution in [3.05, 3.63) is 29.3 Å². The summed E-state index contributed by atoms with van der Waals surface area (Å²) in [5.41, 5.74) is 4.82. The van der Waals surface area contributed by atoms with Gasteiger partial charge in [-0.1, -0.05) is 19.1 Å². The van der Waals surface area contributed by atoms with Gasteiger partial charge in [0.15, 0.2) is 0 Å². The van der Waals surface area contributed by atoms with Crippen LogP contribution in [0.2, 0.25) is 0 Å². The summed E-state index contributed by atoms with van der Waals surface area (Å²) in [5, 5.41) is 0. The normalized spacial score (nSPS) is 11.8. The maximum Gasteiger partial charge on any atom is 0.0660 e. The van der Waals surface area contributed by atoms with Crippen LogP contribution < -0.4 is 0 Å². The van der Waals surface area contributed by atoms with E-state index in [4.69, 9.17) is 0 Å². The van der Waals surface area contributed by atoms with Crippen LogP contribution in [0.25, 0.3) is 0 Å². The van der Waals surface area contributed by atoms with Crippen LogP contribution in [-0.4, -0.2) is 5.71 Å². The molecule has 0 bridgehead atoms. The molecule has 0 saturated carbocycles. The lowest BCUT2D eigenvalue weighted by Gasteiger charge is -2.02. The minimum atomic E-state index is 1.02. The van der Waals surface area contributed by atoms with E-state index in [-0.39, 0.29) is 0 Å². The Morgan fingerprint density at radius 2 is 2.00 bits per heavy atom. The van der Waals surface area contributed by atoms with Crippen LogP contribution >= 0.6 is 0 Å². The fourth-order valence-corrected chi connectivity index (χ4v) is 1.12. The van der Waals surface area contributed by atoms with Gasteiger partial charge in [0.1, 0.15) is 0 Å². The molecule has 0 fully saturated rings. The molecule has 0 spiro atoms. The van der Waals surface area contributed by atoms with Gasteiger partial charge in [-0.25, -0.2) is 0 Å². The summed E-state index contributed by atoms with van der Waals surface area (Å²) >= 11 is 0. The van der Waals surface area contributed by atoms with E-state index in [1.54, 1.807) is 0 Å². The number of benzene rings is 1. The monoisotopic (exact) mass is 175 g/mol. The minimum absolute atomic E-state index is 1.02. The lowest BCUT2D eigenvalue weighted by atomic mass is 10.1. The topological polar surface area (TPSA) is 12.4 Å². The number of rotatable bonds is 2. The predicted molar refractivity (Wildman–Crippen MR) is 59.0 cm³/mol. The number of aryl methyl sites for hydroxylation is 2. The number of nitrogens with zero attached hydrogens (tertiary/aromatic N) is 1. The number of hydrogen-bond donors (Lipinski definition) is 0. The Balaban J connectivity index is 3.07. The van der Waals surface area contributed by atoms with Crippen molar-refractivity contribution in [2.45, 2.75) is 34.1 Å². The Labute approximate surface area is 80.5 Å². The summed E-state index contributed by atoms with van der Waals surface area (Å²) in [5.74, 6) is 0. The second kappa shape index (κ2) is 4.22. The van der Waals surface area contributed by atoms with Gasteiger partial charge in [-0.15, -0.1) is 0 Å². The summed E-state index contributed by atoms with van der Waals surface area (Å²) in [6, 6.07) is 6.38. The third kappa shape index (κ3) is 2.69.